The first-order valence-corrected chi connectivity index (χ1v) is 8.60. The Morgan fingerprint density at radius 3 is 2.46 bits per heavy atom. The highest BCUT2D eigenvalue weighted by Crippen LogP contribution is 2.18. The minimum atomic E-state index is -1.26. The van der Waals surface area contributed by atoms with E-state index in [4.69, 9.17) is 15.9 Å². The minimum absolute atomic E-state index is 0.188. The maximum Gasteiger partial charge on any atom is 0.322 e. The molecule has 2 amide bonds. The molecule has 1 aromatic carbocycles. The van der Waals surface area contributed by atoms with Crippen LogP contribution in [-0.2, 0) is 25.6 Å². The van der Waals surface area contributed by atoms with E-state index in [-0.39, 0.29) is 19.3 Å². The Hall–Kier alpha value is -3.40. The van der Waals surface area contributed by atoms with Gasteiger partial charge in [0, 0.05) is 23.5 Å². The summed E-state index contributed by atoms with van der Waals surface area (Å²) in [5.74, 6) is -3.82. The normalized spacial score (nSPS) is 12.9. The zero-order valence-electron chi connectivity index (χ0n) is 15.0. The smallest absolute Gasteiger partial charge is 0.322 e. The summed E-state index contributed by atoms with van der Waals surface area (Å²) < 4.78 is 0. The van der Waals surface area contributed by atoms with Crippen molar-refractivity contribution in [2.45, 2.75) is 31.3 Å². The van der Waals surface area contributed by atoms with E-state index in [1.54, 1.807) is 6.20 Å². The summed E-state index contributed by atoms with van der Waals surface area (Å²) >= 11 is 0. The fraction of sp³-hybridized carbons (Fsp3) is 0.333. The topological polar surface area (TPSA) is 175 Å². The molecule has 0 radical (unpaired) electrons. The van der Waals surface area contributed by atoms with Gasteiger partial charge in [-0.1, -0.05) is 18.2 Å². The first kappa shape index (κ1) is 20.9. The third-order valence-corrected chi connectivity index (χ3v) is 4.15. The number of rotatable bonds is 10. The van der Waals surface area contributed by atoms with Gasteiger partial charge in [-0.2, -0.15) is 0 Å². The molecule has 0 saturated carbocycles. The van der Waals surface area contributed by atoms with Crippen LogP contribution in [0.1, 0.15) is 18.4 Å². The molecule has 2 rings (SSSR count). The average molecular weight is 390 g/mol. The molecule has 0 unspecified atom stereocenters. The third-order valence-electron chi connectivity index (χ3n) is 4.15. The summed E-state index contributed by atoms with van der Waals surface area (Å²) in [7, 11) is 0. The molecule has 0 fully saturated rings. The third kappa shape index (κ3) is 5.81. The van der Waals surface area contributed by atoms with Crippen LogP contribution in [0.3, 0.4) is 0 Å². The van der Waals surface area contributed by atoms with Gasteiger partial charge in [-0.15, -0.1) is 0 Å². The molecule has 10 nitrogen and oxygen atoms in total. The van der Waals surface area contributed by atoms with Crippen molar-refractivity contribution < 1.29 is 29.4 Å². The number of amides is 2. The van der Waals surface area contributed by atoms with Crippen molar-refractivity contribution in [3.63, 3.8) is 0 Å². The second-order valence-electron chi connectivity index (χ2n) is 6.28. The molecule has 7 N–H and O–H groups in total. The summed E-state index contributed by atoms with van der Waals surface area (Å²) in [5, 5.41) is 22.9. The van der Waals surface area contributed by atoms with Crippen molar-refractivity contribution >= 4 is 34.7 Å². The van der Waals surface area contributed by atoms with Gasteiger partial charge >= 0.3 is 11.9 Å². The molecule has 0 aliphatic heterocycles. The number of hydrogen-bond acceptors (Lipinski definition) is 5. The molecule has 2 atom stereocenters. The van der Waals surface area contributed by atoms with Crippen molar-refractivity contribution in [3.8, 4) is 0 Å². The Bertz CT molecular complexity index is 878. The lowest BCUT2D eigenvalue weighted by molar-refractivity contribution is -0.140. The zero-order valence-corrected chi connectivity index (χ0v) is 15.0. The van der Waals surface area contributed by atoms with Gasteiger partial charge in [0.1, 0.15) is 12.6 Å². The number of carboxylic acid groups (broad SMARTS) is 2. The molecular weight excluding hydrogens is 368 g/mol. The van der Waals surface area contributed by atoms with Gasteiger partial charge in [0.05, 0.1) is 6.04 Å². The number of aliphatic carboxylic acids is 2. The van der Waals surface area contributed by atoms with Crippen LogP contribution in [0.15, 0.2) is 30.5 Å². The summed E-state index contributed by atoms with van der Waals surface area (Å²) in [5.41, 5.74) is 7.69. The van der Waals surface area contributed by atoms with Crippen molar-refractivity contribution in [3.05, 3.63) is 36.0 Å². The van der Waals surface area contributed by atoms with Gasteiger partial charge < -0.3 is 31.6 Å². The van der Waals surface area contributed by atoms with E-state index < -0.39 is 42.4 Å². The number of nitrogens with two attached hydrogens (primary N) is 1. The van der Waals surface area contributed by atoms with Gasteiger partial charge in [0.15, 0.2) is 0 Å². The zero-order chi connectivity index (χ0) is 20.7. The predicted octanol–water partition coefficient (Wildman–Crippen LogP) is -0.412. The molecule has 0 saturated heterocycles. The van der Waals surface area contributed by atoms with Crippen LogP contribution >= 0.6 is 0 Å². The number of para-hydroxylation sites is 1. The van der Waals surface area contributed by atoms with Crippen LogP contribution in [0.25, 0.3) is 10.9 Å². The molecule has 2 aromatic rings. The Morgan fingerprint density at radius 2 is 1.79 bits per heavy atom. The number of fused-ring (bicyclic) bond motifs is 1. The molecule has 1 aromatic heterocycles. The predicted molar refractivity (Wildman–Crippen MR) is 99.4 cm³/mol. The van der Waals surface area contributed by atoms with E-state index >= 15 is 0 Å². The van der Waals surface area contributed by atoms with Crippen molar-refractivity contribution in [2.75, 3.05) is 6.54 Å². The Kier molecular flexibility index (Phi) is 7.10. The molecular formula is C18H22N4O6. The minimum Gasteiger partial charge on any atom is -0.481 e. The Balaban J connectivity index is 2.02. The maximum absolute atomic E-state index is 12.4. The number of benzene rings is 1. The van der Waals surface area contributed by atoms with Crippen LogP contribution in [0.2, 0.25) is 0 Å². The first-order valence-electron chi connectivity index (χ1n) is 8.60. The fourth-order valence-electron chi connectivity index (χ4n) is 2.73. The second-order valence-corrected chi connectivity index (χ2v) is 6.28. The highest BCUT2D eigenvalue weighted by atomic mass is 16.4. The van der Waals surface area contributed by atoms with Gasteiger partial charge in [0.2, 0.25) is 11.8 Å². The fourth-order valence-corrected chi connectivity index (χ4v) is 2.73. The highest BCUT2D eigenvalue weighted by molar-refractivity contribution is 5.92. The van der Waals surface area contributed by atoms with Crippen LogP contribution in [-0.4, -0.2) is 57.6 Å². The second kappa shape index (κ2) is 9.51. The van der Waals surface area contributed by atoms with Crippen molar-refractivity contribution in [1.82, 2.24) is 15.6 Å². The molecule has 0 aliphatic carbocycles. The number of aromatic amines is 1. The van der Waals surface area contributed by atoms with Gasteiger partial charge in [-0.05, 0) is 24.5 Å². The first-order chi connectivity index (χ1) is 13.3. The summed E-state index contributed by atoms with van der Waals surface area (Å²) in [6.07, 6.45) is 1.40. The lowest BCUT2D eigenvalue weighted by Gasteiger charge is -2.20. The quantitative estimate of drug-likeness (QED) is 0.319. The number of carbonyl (C=O) groups excluding carboxylic acids is 2. The summed E-state index contributed by atoms with van der Waals surface area (Å²) in [4.78, 5) is 48.9. The number of H-pyrrole nitrogens is 1. The molecule has 0 bridgehead atoms. The maximum atomic E-state index is 12.4. The van der Waals surface area contributed by atoms with Crippen LogP contribution in [0.4, 0.5) is 0 Å². The summed E-state index contributed by atoms with van der Waals surface area (Å²) in [6, 6.07) is 5.34. The van der Waals surface area contributed by atoms with Gasteiger partial charge in [0.25, 0.3) is 0 Å². The van der Waals surface area contributed by atoms with Crippen molar-refractivity contribution in [2.24, 2.45) is 5.73 Å². The van der Waals surface area contributed by atoms with E-state index in [0.29, 0.717) is 0 Å². The number of carboxylic acids is 2. The highest BCUT2D eigenvalue weighted by Gasteiger charge is 2.25. The van der Waals surface area contributed by atoms with E-state index in [0.717, 1.165) is 16.5 Å². The Labute approximate surface area is 160 Å². The number of carbonyl (C=O) groups is 4. The molecule has 150 valence electrons. The molecule has 0 aliphatic rings. The SMILES string of the molecule is N[C@@H](Cc1c[nH]c2ccccc12)C(=O)N[C@@H](CCC(=O)O)C(=O)NCC(=O)O. The van der Waals surface area contributed by atoms with E-state index in [1.807, 2.05) is 24.3 Å². The van der Waals surface area contributed by atoms with Crippen LogP contribution < -0.4 is 16.4 Å². The van der Waals surface area contributed by atoms with Crippen molar-refractivity contribution in [1.29, 1.82) is 0 Å². The van der Waals surface area contributed by atoms with Gasteiger partial charge in [-0.3, -0.25) is 19.2 Å². The number of hydrogen-bond donors (Lipinski definition) is 6. The lowest BCUT2D eigenvalue weighted by Crippen LogP contribution is -2.52. The van der Waals surface area contributed by atoms with Crippen LogP contribution in [0.5, 0.6) is 0 Å². The molecule has 0 spiro atoms. The van der Waals surface area contributed by atoms with E-state index in [2.05, 4.69) is 15.6 Å². The van der Waals surface area contributed by atoms with E-state index in [1.165, 1.54) is 0 Å². The number of nitrogens with one attached hydrogen (secondary N) is 3. The van der Waals surface area contributed by atoms with E-state index in [9.17, 15) is 19.2 Å². The average Bonchev–Trinajstić information content (AvgIpc) is 3.05. The van der Waals surface area contributed by atoms with Crippen LogP contribution in [0, 0.1) is 0 Å². The standard InChI is InChI=1S/C18H22N4O6/c19-12(7-10-8-20-13-4-2-1-3-11(10)13)17(27)22-14(5-6-15(23)24)18(28)21-9-16(25)26/h1-4,8,12,14,20H,5-7,9,19H2,(H,21,28)(H,22,27)(H,23,24)(H,25,26)/t12-,14-/m0/s1. The summed E-state index contributed by atoms with van der Waals surface area (Å²) in [6.45, 7) is -0.639. The monoisotopic (exact) mass is 390 g/mol. The Morgan fingerprint density at radius 1 is 1.07 bits per heavy atom. The molecule has 10 heteroatoms. The van der Waals surface area contributed by atoms with Gasteiger partial charge in [-0.25, -0.2) is 0 Å². The molecule has 1 heterocycles. The largest absolute Gasteiger partial charge is 0.481 e. The molecule has 28 heavy (non-hydrogen) atoms. The number of aromatic nitrogens is 1. The lowest BCUT2D eigenvalue weighted by atomic mass is 10.0.